The minimum Gasteiger partial charge on any atom is -0.304 e. The van der Waals surface area contributed by atoms with Gasteiger partial charge in [0.05, 0.1) is 11.9 Å². The number of H-pyrrole nitrogens is 1. The molecule has 5 rings (SSSR count). The third kappa shape index (κ3) is 2.64. The van der Waals surface area contributed by atoms with Crippen molar-refractivity contribution < 1.29 is 0 Å². The Hall–Kier alpha value is -3.29. The fourth-order valence-electron chi connectivity index (χ4n) is 3.61. The van der Waals surface area contributed by atoms with Crippen LogP contribution in [0, 0.1) is 13.8 Å². The first kappa shape index (κ1) is 15.9. The lowest BCUT2D eigenvalue weighted by atomic mass is 10.0. The van der Waals surface area contributed by atoms with Crippen LogP contribution in [0.2, 0.25) is 0 Å². The van der Waals surface area contributed by atoms with Crippen LogP contribution in [0.15, 0.2) is 29.3 Å². The molecule has 0 aliphatic heterocycles. The second-order valence-electron chi connectivity index (χ2n) is 7.28. The smallest absolute Gasteiger partial charge is 0.262 e. The van der Waals surface area contributed by atoms with E-state index >= 15 is 0 Å². The number of nitrogens with one attached hydrogen (secondary N) is 1. The lowest BCUT2D eigenvalue weighted by Crippen LogP contribution is -2.08. The number of nitrogens with zero attached hydrogens (tertiary/aromatic N) is 6. The average molecular weight is 361 g/mol. The summed E-state index contributed by atoms with van der Waals surface area (Å²) in [5, 5.41) is 12.9. The van der Waals surface area contributed by atoms with Gasteiger partial charge in [0, 0.05) is 13.2 Å². The van der Waals surface area contributed by atoms with Gasteiger partial charge < -0.3 is 4.98 Å². The van der Waals surface area contributed by atoms with Gasteiger partial charge in [0.2, 0.25) is 0 Å². The van der Waals surface area contributed by atoms with Gasteiger partial charge in [-0.1, -0.05) is 17.3 Å². The molecule has 136 valence electrons. The highest BCUT2D eigenvalue weighted by Crippen LogP contribution is 2.41. The first-order valence-corrected chi connectivity index (χ1v) is 8.97. The van der Waals surface area contributed by atoms with E-state index in [0.29, 0.717) is 28.5 Å². The number of rotatable bonds is 3. The highest BCUT2D eigenvalue weighted by molar-refractivity contribution is 5.75. The molecule has 1 fully saturated rings. The Kier molecular flexibility index (Phi) is 3.30. The van der Waals surface area contributed by atoms with E-state index < -0.39 is 0 Å². The number of hydrogen-bond donors (Lipinski definition) is 1. The predicted molar refractivity (Wildman–Crippen MR) is 101 cm³/mol. The van der Waals surface area contributed by atoms with Gasteiger partial charge in [-0.2, -0.15) is 0 Å². The topological polar surface area (TPSA) is 94.3 Å². The highest BCUT2D eigenvalue weighted by atomic mass is 16.1. The molecule has 8 nitrogen and oxygen atoms in total. The van der Waals surface area contributed by atoms with Crippen LogP contribution in [0.3, 0.4) is 0 Å². The van der Waals surface area contributed by atoms with Gasteiger partial charge in [0.1, 0.15) is 11.1 Å². The Morgan fingerprint density at radius 1 is 1.15 bits per heavy atom. The van der Waals surface area contributed by atoms with E-state index in [1.807, 2.05) is 0 Å². The van der Waals surface area contributed by atoms with Crippen LogP contribution >= 0.6 is 0 Å². The molecule has 4 aromatic rings. The predicted octanol–water partition coefficient (Wildman–Crippen LogP) is 2.40. The number of benzene rings is 1. The summed E-state index contributed by atoms with van der Waals surface area (Å²) in [4.78, 5) is 19.8. The number of aromatic nitrogens is 7. The normalized spacial score (nSPS) is 14.2. The molecule has 3 aromatic heterocycles. The van der Waals surface area contributed by atoms with E-state index in [9.17, 15) is 4.79 Å². The van der Waals surface area contributed by atoms with Crippen molar-refractivity contribution in [2.75, 3.05) is 0 Å². The van der Waals surface area contributed by atoms with Crippen LogP contribution in [-0.2, 0) is 7.05 Å². The molecule has 1 N–H and O–H groups in total. The second-order valence-corrected chi connectivity index (χ2v) is 7.28. The Bertz CT molecular complexity index is 1220. The molecule has 27 heavy (non-hydrogen) atoms. The molecule has 0 atom stereocenters. The number of aryl methyl sites for hydroxylation is 3. The molecule has 8 heteroatoms. The van der Waals surface area contributed by atoms with Crippen molar-refractivity contribution in [3.05, 3.63) is 51.6 Å². The summed E-state index contributed by atoms with van der Waals surface area (Å²) >= 11 is 0. The van der Waals surface area contributed by atoms with Crippen molar-refractivity contribution in [2.24, 2.45) is 7.05 Å². The van der Waals surface area contributed by atoms with Crippen molar-refractivity contribution in [1.29, 1.82) is 0 Å². The first-order valence-electron chi connectivity index (χ1n) is 8.97. The van der Waals surface area contributed by atoms with Crippen molar-refractivity contribution in [2.45, 2.75) is 32.6 Å². The summed E-state index contributed by atoms with van der Waals surface area (Å²) in [6.45, 7) is 4.17. The molecule has 1 aliphatic carbocycles. The Morgan fingerprint density at radius 2 is 1.89 bits per heavy atom. The number of aromatic amines is 1. The minimum absolute atomic E-state index is 0.239. The maximum Gasteiger partial charge on any atom is 0.262 e. The van der Waals surface area contributed by atoms with E-state index in [0.717, 1.165) is 16.8 Å². The average Bonchev–Trinajstić information content (AvgIpc) is 3.24. The maximum atomic E-state index is 12.5. The fourth-order valence-corrected chi connectivity index (χ4v) is 3.61. The van der Waals surface area contributed by atoms with Crippen molar-refractivity contribution in [1.82, 2.24) is 34.7 Å². The van der Waals surface area contributed by atoms with Gasteiger partial charge in [-0.25, -0.2) is 9.67 Å². The largest absolute Gasteiger partial charge is 0.304 e. The van der Waals surface area contributed by atoms with Gasteiger partial charge in [-0.05, 0) is 49.3 Å². The van der Waals surface area contributed by atoms with Crippen molar-refractivity contribution in [3.63, 3.8) is 0 Å². The highest BCUT2D eigenvalue weighted by Gasteiger charge is 2.25. The summed E-state index contributed by atoms with van der Waals surface area (Å²) in [6.07, 6.45) is 5.99. The molecule has 0 saturated heterocycles. The molecule has 1 aliphatic rings. The van der Waals surface area contributed by atoms with Gasteiger partial charge in [-0.3, -0.25) is 9.48 Å². The molecule has 0 unspecified atom stereocenters. The third-order valence-corrected chi connectivity index (χ3v) is 5.03. The quantitative estimate of drug-likeness (QED) is 0.605. The lowest BCUT2D eigenvalue weighted by molar-refractivity contribution is 0.715. The van der Waals surface area contributed by atoms with Gasteiger partial charge in [0.15, 0.2) is 11.5 Å². The van der Waals surface area contributed by atoms with Crippen LogP contribution in [-0.4, -0.2) is 34.7 Å². The van der Waals surface area contributed by atoms with E-state index in [1.165, 1.54) is 18.4 Å². The Morgan fingerprint density at radius 3 is 2.52 bits per heavy atom. The van der Waals surface area contributed by atoms with Crippen molar-refractivity contribution in [3.8, 4) is 17.2 Å². The molecule has 0 amide bonds. The second kappa shape index (κ2) is 5.60. The van der Waals surface area contributed by atoms with Crippen LogP contribution in [0.1, 0.15) is 35.4 Å². The molecular weight excluding hydrogens is 342 g/mol. The molecule has 0 spiro atoms. The summed E-state index contributed by atoms with van der Waals surface area (Å²) in [7, 11) is 1.76. The first-order chi connectivity index (χ1) is 13.0. The molecule has 0 bridgehead atoms. The third-order valence-electron chi connectivity index (χ3n) is 5.03. The summed E-state index contributed by atoms with van der Waals surface area (Å²) < 4.78 is 3.32. The van der Waals surface area contributed by atoms with Gasteiger partial charge >= 0.3 is 0 Å². The summed E-state index contributed by atoms with van der Waals surface area (Å²) in [5.41, 5.74) is 5.35. The zero-order valence-electron chi connectivity index (χ0n) is 15.4. The molecular formula is C19H19N7O. The summed E-state index contributed by atoms with van der Waals surface area (Å²) in [5.74, 6) is 1.07. The minimum atomic E-state index is -0.239. The van der Waals surface area contributed by atoms with Gasteiger partial charge in [-0.15, -0.1) is 10.2 Å². The van der Waals surface area contributed by atoms with E-state index in [-0.39, 0.29) is 5.56 Å². The van der Waals surface area contributed by atoms with Crippen molar-refractivity contribution >= 4 is 11.0 Å². The fraction of sp³-hybridized carbons (Fsp3) is 0.316. The van der Waals surface area contributed by atoms with Crippen LogP contribution < -0.4 is 5.56 Å². The van der Waals surface area contributed by atoms with Crippen LogP contribution in [0.4, 0.5) is 0 Å². The summed E-state index contributed by atoms with van der Waals surface area (Å²) in [6, 6.07) is 4.46. The lowest BCUT2D eigenvalue weighted by Gasteiger charge is -2.12. The van der Waals surface area contributed by atoms with E-state index in [2.05, 4.69) is 51.4 Å². The Labute approximate surface area is 154 Å². The Balaban J connectivity index is 1.65. The molecule has 3 heterocycles. The van der Waals surface area contributed by atoms with E-state index in [1.54, 1.807) is 28.8 Å². The molecule has 1 saturated carbocycles. The zero-order chi connectivity index (χ0) is 18.7. The van der Waals surface area contributed by atoms with E-state index in [4.69, 9.17) is 0 Å². The molecule has 0 radical (unpaired) electrons. The zero-order valence-corrected chi connectivity index (χ0v) is 15.4. The molecule has 1 aromatic carbocycles. The van der Waals surface area contributed by atoms with Crippen LogP contribution in [0.25, 0.3) is 28.2 Å². The number of hydrogen-bond acceptors (Lipinski definition) is 5. The van der Waals surface area contributed by atoms with Crippen LogP contribution in [0.5, 0.6) is 0 Å². The van der Waals surface area contributed by atoms with Gasteiger partial charge in [0.25, 0.3) is 5.56 Å². The standard InChI is InChI=1S/C19H19N7O/c1-10-6-13(12-4-5-12)7-11(2)16(10)26-8-14-17(23-26)20-18(21-19(14)27)15-9-25(3)24-22-15/h6-9,12H,4-5H2,1-3H3,(H,20,21,23,27). The monoisotopic (exact) mass is 361 g/mol. The maximum absolute atomic E-state index is 12.5. The SMILES string of the molecule is Cc1cc(C2CC2)cc(C)c1-n1cc2c(=O)[nH]c(-c3cn(C)nn3)nc2n1. The number of fused-ring (bicyclic) bond motifs is 1.